The van der Waals surface area contributed by atoms with E-state index in [9.17, 15) is 0 Å². The van der Waals surface area contributed by atoms with E-state index in [4.69, 9.17) is 0 Å². The molecule has 31 heavy (non-hydrogen) atoms. The molecule has 1 N–H and O–H groups in total. The maximum atomic E-state index is 3.79. The van der Waals surface area contributed by atoms with Crippen LogP contribution in [0.2, 0.25) is 0 Å². The molecule has 3 aliphatic rings. The SMILES string of the molecule is CC12C=CC=CC1CCc1[nH]c3c(c12)CC(N(c1ccccc1)c1ccccc1)C=C3. The number of nitrogens with one attached hydrogen (secondary N) is 1. The number of aryl methyl sites for hydroxylation is 1. The third-order valence-electron chi connectivity index (χ3n) is 7.42. The number of fused-ring (bicyclic) bond motifs is 5. The van der Waals surface area contributed by atoms with Crippen LogP contribution in [0.15, 0.2) is 91.0 Å². The topological polar surface area (TPSA) is 19.0 Å². The lowest BCUT2D eigenvalue weighted by Crippen LogP contribution is -2.37. The fourth-order valence-corrected chi connectivity index (χ4v) is 5.92. The van der Waals surface area contributed by atoms with Gasteiger partial charge >= 0.3 is 0 Å². The highest BCUT2D eigenvalue weighted by molar-refractivity contribution is 5.69. The van der Waals surface area contributed by atoms with Gasteiger partial charge in [0.05, 0.1) is 6.04 Å². The van der Waals surface area contributed by atoms with Gasteiger partial charge in [-0.15, -0.1) is 0 Å². The summed E-state index contributed by atoms with van der Waals surface area (Å²) in [4.78, 5) is 6.27. The molecule has 1 aromatic heterocycles. The second-order valence-corrected chi connectivity index (χ2v) is 9.21. The Kier molecular flexibility index (Phi) is 4.27. The summed E-state index contributed by atoms with van der Waals surface area (Å²) in [5.74, 6) is 0.591. The number of aromatic nitrogens is 1. The van der Waals surface area contributed by atoms with Gasteiger partial charge in [0, 0.05) is 28.2 Å². The summed E-state index contributed by atoms with van der Waals surface area (Å²) >= 11 is 0. The lowest BCUT2D eigenvalue weighted by Gasteiger charge is -2.41. The Morgan fingerprint density at radius 2 is 1.61 bits per heavy atom. The molecule has 2 aromatic carbocycles. The van der Waals surface area contributed by atoms with Gasteiger partial charge in [-0.2, -0.15) is 0 Å². The van der Waals surface area contributed by atoms with E-state index in [1.54, 1.807) is 5.56 Å². The van der Waals surface area contributed by atoms with Crippen molar-refractivity contribution in [2.24, 2.45) is 5.92 Å². The number of H-pyrrole nitrogens is 1. The van der Waals surface area contributed by atoms with E-state index < -0.39 is 0 Å². The van der Waals surface area contributed by atoms with Gasteiger partial charge in [0.1, 0.15) is 0 Å². The number of anilines is 2. The van der Waals surface area contributed by atoms with Gasteiger partial charge in [-0.3, -0.25) is 0 Å². The first-order valence-electron chi connectivity index (χ1n) is 11.4. The van der Waals surface area contributed by atoms with E-state index in [-0.39, 0.29) is 11.5 Å². The Morgan fingerprint density at radius 1 is 0.903 bits per heavy atom. The summed E-state index contributed by atoms with van der Waals surface area (Å²) in [6, 6.07) is 21.9. The molecule has 0 fully saturated rings. The first-order valence-corrected chi connectivity index (χ1v) is 11.4. The smallest absolute Gasteiger partial charge is 0.0567 e. The zero-order valence-corrected chi connectivity index (χ0v) is 18.0. The number of hydrogen-bond acceptors (Lipinski definition) is 1. The molecule has 3 atom stereocenters. The number of aromatic amines is 1. The van der Waals surface area contributed by atoms with Crippen LogP contribution >= 0.6 is 0 Å². The van der Waals surface area contributed by atoms with Gasteiger partial charge in [-0.25, -0.2) is 0 Å². The van der Waals surface area contributed by atoms with Crippen molar-refractivity contribution in [1.82, 2.24) is 4.98 Å². The fraction of sp³-hybridized carbons (Fsp3) is 0.241. The maximum Gasteiger partial charge on any atom is 0.0567 e. The average Bonchev–Trinajstić information content (AvgIpc) is 3.20. The summed E-state index contributed by atoms with van der Waals surface area (Å²) in [5, 5.41) is 0. The van der Waals surface area contributed by atoms with Crippen LogP contribution in [-0.2, 0) is 18.3 Å². The third kappa shape index (κ3) is 2.93. The predicted octanol–water partition coefficient (Wildman–Crippen LogP) is 6.74. The van der Waals surface area contributed by atoms with Crippen LogP contribution in [0.3, 0.4) is 0 Å². The maximum absolute atomic E-state index is 3.79. The zero-order chi connectivity index (χ0) is 20.8. The molecule has 0 saturated carbocycles. The molecule has 2 heteroatoms. The molecule has 1 heterocycles. The van der Waals surface area contributed by atoms with E-state index >= 15 is 0 Å². The Labute approximate surface area is 184 Å². The second kappa shape index (κ2) is 7.16. The molecule has 0 bridgehead atoms. The molecule has 0 saturated heterocycles. The number of hydrogen-bond donors (Lipinski definition) is 1. The van der Waals surface area contributed by atoms with Crippen molar-refractivity contribution in [2.45, 2.75) is 37.6 Å². The molecule has 3 aliphatic carbocycles. The summed E-state index contributed by atoms with van der Waals surface area (Å²) in [6.07, 6.45) is 17.4. The van der Waals surface area contributed by atoms with Gasteiger partial charge < -0.3 is 9.88 Å². The number of para-hydroxylation sites is 2. The van der Waals surface area contributed by atoms with Gasteiger partial charge in [0.2, 0.25) is 0 Å². The van der Waals surface area contributed by atoms with Gasteiger partial charge in [0.15, 0.2) is 0 Å². The van der Waals surface area contributed by atoms with Crippen molar-refractivity contribution >= 4 is 17.5 Å². The molecule has 0 amide bonds. The van der Waals surface area contributed by atoms with Gasteiger partial charge in [-0.1, -0.05) is 73.7 Å². The quantitative estimate of drug-likeness (QED) is 0.512. The average molecular weight is 405 g/mol. The molecule has 2 nitrogen and oxygen atoms in total. The van der Waals surface area contributed by atoms with E-state index in [0.29, 0.717) is 5.92 Å². The molecule has 3 aromatic rings. The van der Waals surface area contributed by atoms with Crippen LogP contribution in [0.25, 0.3) is 6.08 Å². The highest BCUT2D eigenvalue weighted by Gasteiger charge is 2.42. The Balaban J connectivity index is 1.44. The first kappa shape index (κ1) is 18.5. The van der Waals surface area contributed by atoms with Crippen LogP contribution in [0.1, 0.15) is 35.9 Å². The highest BCUT2D eigenvalue weighted by atomic mass is 15.2. The number of rotatable bonds is 3. The monoisotopic (exact) mass is 404 g/mol. The van der Waals surface area contributed by atoms with Crippen molar-refractivity contribution in [3.63, 3.8) is 0 Å². The predicted molar refractivity (Wildman–Crippen MR) is 130 cm³/mol. The van der Waals surface area contributed by atoms with Gasteiger partial charge in [-0.05, 0) is 66.6 Å². The molecular weight excluding hydrogens is 376 g/mol. The van der Waals surface area contributed by atoms with Crippen LogP contribution < -0.4 is 4.90 Å². The molecule has 6 rings (SSSR count). The standard InChI is InChI=1S/C29H28N2/c1-29-19-9-8-10-21(29)15-17-27-28(29)25-20-24(16-18-26(25)30-27)31(22-11-4-2-5-12-22)23-13-6-3-7-14-23/h2-14,16,18-19,21,24,30H,15,17,20H2,1H3. The largest absolute Gasteiger partial charge is 0.358 e. The van der Waals surface area contributed by atoms with Crippen molar-refractivity contribution < 1.29 is 0 Å². The molecule has 0 aliphatic heterocycles. The zero-order valence-electron chi connectivity index (χ0n) is 18.0. The normalized spacial score (nSPS) is 25.6. The summed E-state index contributed by atoms with van der Waals surface area (Å²) < 4.78 is 0. The minimum absolute atomic E-state index is 0.0898. The van der Waals surface area contributed by atoms with Gasteiger partial charge in [0.25, 0.3) is 0 Å². The van der Waals surface area contributed by atoms with E-state index in [1.807, 2.05) is 0 Å². The van der Waals surface area contributed by atoms with Crippen LogP contribution in [0, 0.1) is 5.92 Å². The minimum atomic E-state index is 0.0898. The lowest BCUT2D eigenvalue weighted by molar-refractivity contribution is 0.369. The Bertz CT molecular complexity index is 1140. The van der Waals surface area contributed by atoms with Crippen LogP contribution in [0.4, 0.5) is 11.4 Å². The summed E-state index contributed by atoms with van der Waals surface area (Å²) in [5.41, 5.74) is 8.38. The van der Waals surface area contributed by atoms with E-state index in [1.165, 1.54) is 34.7 Å². The number of nitrogens with zero attached hydrogens (tertiary/aromatic N) is 1. The minimum Gasteiger partial charge on any atom is -0.358 e. The molecular formula is C29H28N2. The Hall–Kier alpha value is -3.26. The first-order chi connectivity index (χ1) is 15.2. The Morgan fingerprint density at radius 3 is 2.32 bits per heavy atom. The summed E-state index contributed by atoms with van der Waals surface area (Å²) in [7, 11) is 0. The lowest BCUT2D eigenvalue weighted by atomic mass is 9.63. The number of allylic oxidation sites excluding steroid dienone is 4. The van der Waals surface area contributed by atoms with Crippen molar-refractivity contribution in [1.29, 1.82) is 0 Å². The van der Waals surface area contributed by atoms with Crippen LogP contribution in [0.5, 0.6) is 0 Å². The van der Waals surface area contributed by atoms with Crippen LogP contribution in [-0.4, -0.2) is 11.0 Å². The van der Waals surface area contributed by atoms with Crippen molar-refractivity contribution in [2.75, 3.05) is 4.90 Å². The molecule has 0 spiro atoms. The van der Waals surface area contributed by atoms with Crippen molar-refractivity contribution in [3.8, 4) is 0 Å². The summed E-state index contributed by atoms with van der Waals surface area (Å²) in [6.45, 7) is 2.43. The second-order valence-electron chi connectivity index (χ2n) is 9.21. The molecule has 154 valence electrons. The van der Waals surface area contributed by atoms with E-state index in [0.717, 1.165) is 12.8 Å². The van der Waals surface area contributed by atoms with Crippen molar-refractivity contribution in [3.05, 3.63) is 114 Å². The third-order valence-corrected chi connectivity index (χ3v) is 7.42. The molecule has 0 radical (unpaired) electrons. The highest BCUT2D eigenvalue weighted by Crippen LogP contribution is 2.48. The molecule has 3 unspecified atom stereocenters. The fourth-order valence-electron chi connectivity index (χ4n) is 5.92. The number of benzene rings is 2. The van der Waals surface area contributed by atoms with E-state index in [2.05, 4.69) is 114 Å².